The number of hydrogen-bond donors (Lipinski definition) is 1. The van der Waals surface area contributed by atoms with Crippen LogP contribution in [0, 0.1) is 31.6 Å². The van der Waals surface area contributed by atoms with Crippen LogP contribution in [0.5, 0.6) is 0 Å². The minimum atomic E-state index is 0.552. The molecular formula is C14H22N2S. The minimum absolute atomic E-state index is 0.552. The molecule has 4 atom stereocenters. The second-order valence-corrected chi connectivity index (χ2v) is 7.02. The number of nitrogens with one attached hydrogen (secondary N) is 1. The molecule has 0 saturated heterocycles. The third-order valence-electron chi connectivity index (χ3n) is 4.75. The summed E-state index contributed by atoms with van der Waals surface area (Å²) in [7, 11) is 2.12. The molecule has 1 heterocycles. The fourth-order valence-corrected chi connectivity index (χ4v) is 5.19. The van der Waals surface area contributed by atoms with Crippen molar-refractivity contribution in [3.63, 3.8) is 0 Å². The second-order valence-electron chi connectivity index (χ2n) is 5.79. The SMILES string of the molecule is CNC(c1sc(C)nc1C)C1CC2CCC1C2. The molecule has 2 saturated carbocycles. The van der Waals surface area contributed by atoms with Gasteiger partial charge in [-0.2, -0.15) is 0 Å². The number of aromatic nitrogens is 1. The molecule has 94 valence electrons. The molecular weight excluding hydrogens is 228 g/mol. The average molecular weight is 250 g/mol. The summed E-state index contributed by atoms with van der Waals surface area (Å²) in [5.74, 6) is 2.85. The number of rotatable bonds is 3. The van der Waals surface area contributed by atoms with Gasteiger partial charge in [0, 0.05) is 10.9 Å². The standard InChI is InChI=1S/C14H22N2S/c1-8-14(17-9(2)16-8)13(15-3)12-7-10-4-5-11(12)6-10/h10-13,15H,4-7H2,1-3H3. The van der Waals surface area contributed by atoms with E-state index in [0.29, 0.717) is 6.04 Å². The lowest BCUT2D eigenvalue weighted by molar-refractivity contribution is 0.261. The molecule has 1 aromatic heterocycles. The van der Waals surface area contributed by atoms with Gasteiger partial charge in [0.1, 0.15) is 0 Å². The summed E-state index contributed by atoms with van der Waals surface area (Å²) in [6.07, 6.45) is 5.87. The van der Waals surface area contributed by atoms with E-state index in [2.05, 4.69) is 31.2 Å². The second kappa shape index (κ2) is 4.36. The van der Waals surface area contributed by atoms with Gasteiger partial charge in [0.05, 0.1) is 10.7 Å². The van der Waals surface area contributed by atoms with Crippen molar-refractivity contribution in [3.8, 4) is 0 Å². The summed E-state index contributed by atoms with van der Waals surface area (Å²) >= 11 is 1.89. The predicted octanol–water partition coefficient (Wildman–Crippen LogP) is 3.46. The van der Waals surface area contributed by atoms with Crippen LogP contribution < -0.4 is 5.32 Å². The Bertz CT molecular complexity index is 412. The quantitative estimate of drug-likeness (QED) is 0.888. The van der Waals surface area contributed by atoms with Gasteiger partial charge in [-0.25, -0.2) is 4.98 Å². The number of thiazole rings is 1. The number of aryl methyl sites for hydroxylation is 2. The number of hydrogen-bond acceptors (Lipinski definition) is 3. The first-order valence-corrected chi connectivity index (χ1v) is 7.62. The third-order valence-corrected chi connectivity index (χ3v) is 5.91. The number of fused-ring (bicyclic) bond motifs is 2. The summed E-state index contributed by atoms with van der Waals surface area (Å²) in [5.41, 5.74) is 1.25. The van der Waals surface area contributed by atoms with Gasteiger partial charge in [0.2, 0.25) is 0 Å². The van der Waals surface area contributed by atoms with Gasteiger partial charge in [-0.3, -0.25) is 0 Å². The molecule has 3 heteroatoms. The summed E-state index contributed by atoms with van der Waals surface area (Å²) in [6.45, 7) is 4.28. The molecule has 2 bridgehead atoms. The lowest BCUT2D eigenvalue weighted by Gasteiger charge is -2.30. The third kappa shape index (κ3) is 1.93. The van der Waals surface area contributed by atoms with E-state index < -0.39 is 0 Å². The van der Waals surface area contributed by atoms with E-state index in [4.69, 9.17) is 0 Å². The van der Waals surface area contributed by atoms with Gasteiger partial charge in [0.15, 0.2) is 0 Å². The Morgan fingerprint density at radius 1 is 1.29 bits per heavy atom. The minimum Gasteiger partial charge on any atom is -0.312 e. The number of nitrogens with zero attached hydrogens (tertiary/aromatic N) is 1. The Kier molecular flexibility index (Phi) is 2.99. The summed E-state index contributed by atoms with van der Waals surface area (Å²) in [4.78, 5) is 6.08. The first-order chi connectivity index (χ1) is 8.19. The Balaban J connectivity index is 1.86. The van der Waals surface area contributed by atoms with E-state index in [1.807, 2.05) is 11.3 Å². The Labute approximate surface area is 108 Å². The molecule has 17 heavy (non-hydrogen) atoms. The molecule has 0 amide bonds. The highest BCUT2D eigenvalue weighted by Gasteiger charge is 2.43. The highest BCUT2D eigenvalue weighted by molar-refractivity contribution is 7.11. The van der Waals surface area contributed by atoms with E-state index in [1.165, 1.54) is 41.3 Å². The van der Waals surface area contributed by atoms with E-state index in [0.717, 1.165) is 17.8 Å². The van der Waals surface area contributed by atoms with Crippen LogP contribution in [0.4, 0.5) is 0 Å². The zero-order valence-corrected chi connectivity index (χ0v) is 11.8. The summed E-state index contributed by atoms with van der Waals surface area (Å²) in [6, 6.07) is 0.552. The van der Waals surface area contributed by atoms with Crippen molar-refractivity contribution in [2.75, 3.05) is 7.05 Å². The molecule has 0 aliphatic heterocycles. The first kappa shape index (κ1) is 11.7. The van der Waals surface area contributed by atoms with Crippen LogP contribution in [0.3, 0.4) is 0 Å². The highest BCUT2D eigenvalue weighted by atomic mass is 32.1. The van der Waals surface area contributed by atoms with Gasteiger partial charge in [0.25, 0.3) is 0 Å². The van der Waals surface area contributed by atoms with E-state index in [1.54, 1.807) is 0 Å². The molecule has 0 radical (unpaired) electrons. The van der Waals surface area contributed by atoms with Gasteiger partial charge < -0.3 is 5.32 Å². The zero-order chi connectivity index (χ0) is 12.0. The first-order valence-electron chi connectivity index (χ1n) is 6.80. The Morgan fingerprint density at radius 3 is 2.59 bits per heavy atom. The molecule has 4 unspecified atom stereocenters. The fraction of sp³-hybridized carbons (Fsp3) is 0.786. The maximum absolute atomic E-state index is 4.59. The molecule has 3 rings (SSSR count). The Morgan fingerprint density at radius 2 is 2.12 bits per heavy atom. The highest BCUT2D eigenvalue weighted by Crippen LogP contribution is 2.53. The molecule has 2 aliphatic carbocycles. The van der Waals surface area contributed by atoms with E-state index >= 15 is 0 Å². The lowest BCUT2D eigenvalue weighted by atomic mass is 9.82. The van der Waals surface area contributed by atoms with Crippen LogP contribution in [0.15, 0.2) is 0 Å². The van der Waals surface area contributed by atoms with Crippen LogP contribution in [-0.2, 0) is 0 Å². The van der Waals surface area contributed by atoms with Crippen LogP contribution >= 0.6 is 11.3 Å². The summed E-state index contributed by atoms with van der Waals surface area (Å²) in [5, 5.41) is 4.78. The monoisotopic (exact) mass is 250 g/mol. The van der Waals surface area contributed by atoms with E-state index in [9.17, 15) is 0 Å². The molecule has 0 aromatic carbocycles. The maximum Gasteiger partial charge on any atom is 0.0900 e. The lowest BCUT2D eigenvalue weighted by Crippen LogP contribution is -2.28. The van der Waals surface area contributed by atoms with Crippen molar-refractivity contribution in [1.82, 2.24) is 10.3 Å². The largest absolute Gasteiger partial charge is 0.312 e. The average Bonchev–Trinajstić information content (AvgIpc) is 2.96. The van der Waals surface area contributed by atoms with Crippen LogP contribution in [0.2, 0.25) is 0 Å². The van der Waals surface area contributed by atoms with Crippen molar-refractivity contribution in [2.24, 2.45) is 17.8 Å². The smallest absolute Gasteiger partial charge is 0.0900 e. The normalized spacial score (nSPS) is 33.2. The van der Waals surface area contributed by atoms with Gasteiger partial charge in [-0.15, -0.1) is 11.3 Å². The van der Waals surface area contributed by atoms with Crippen molar-refractivity contribution in [3.05, 3.63) is 15.6 Å². The zero-order valence-electron chi connectivity index (χ0n) is 11.0. The van der Waals surface area contributed by atoms with Crippen molar-refractivity contribution < 1.29 is 0 Å². The predicted molar refractivity (Wildman–Crippen MR) is 72.3 cm³/mol. The molecule has 2 nitrogen and oxygen atoms in total. The molecule has 2 fully saturated rings. The van der Waals surface area contributed by atoms with Crippen molar-refractivity contribution >= 4 is 11.3 Å². The van der Waals surface area contributed by atoms with Crippen molar-refractivity contribution in [2.45, 2.75) is 45.6 Å². The molecule has 1 aromatic rings. The summed E-state index contributed by atoms with van der Waals surface area (Å²) < 4.78 is 0. The van der Waals surface area contributed by atoms with Crippen LogP contribution in [0.1, 0.15) is 47.3 Å². The van der Waals surface area contributed by atoms with Crippen LogP contribution in [0.25, 0.3) is 0 Å². The molecule has 0 spiro atoms. The molecule has 1 N–H and O–H groups in total. The van der Waals surface area contributed by atoms with E-state index in [-0.39, 0.29) is 0 Å². The Hall–Kier alpha value is -0.410. The van der Waals surface area contributed by atoms with Gasteiger partial charge in [-0.1, -0.05) is 6.42 Å². The van der Waals surface area contributed by atoms with Gasteiger partial charge in [-0.05, 0) is 57.9 Å². The maximum atomic E-state index is 4.59. The van der Waals surface area contributed by atoms with Crippen molar-refractivity contribution in [1.29, 1.82) is 0 Å². The molecule has 2 aliphatic rings. The van der Waals surface area contributed by atoms with Gasteiger partial charge >= 0.3 is 0 Å². The topological polar surface area (TPSA) is 24.9 Å². The fourth-order valence-electron chi connectivity index (χ4n) is 4.08. The van der Waals surface area contributed by atoms with Crippen LogP contribution in [-0.4, -0.2) is 12.0 Å².